The van der Waals surface area contributed by atoms with Gasteiger partial charge in [0.1, 0.15) is 11.4 Å². The van der Waals surface area contributed by atoms with Crippen LogP contribution < -0.4 is 4.74 Å². The molecule has 2 aromatic rings. The molecule has 0 bridgehead atoms. The van der Waals surface area contributed by atoms with E-state index >= 15 is 0 Å². The number of ether oxygens (including phenoxy) is 1. The van der Waals surface area contributed by atoms with Crippen LogP contribution in [0.1, 0.15) is 30.0 Å². The highest BCUT2D eigenvalue weighted by Gasteiger charge is 2.16. The first-order chi connectivity index (χ1) is 9.56. The van der Waals surface area contributed by atoms with Crippen LogP contribution >= 0.6 is 11.6 Å². The molecule has 1 aromatic carbocycles. The molecule has 5 nitrogen and oxygen atoms in total. The maximum absolute atomic E-state index is 11.1. The number of carbonyl (C=O) groups excluding carboxylic acids is 1. The molecule has 0 amide bonds. The Kier molecular flexibility index (Phi) is 4.39. The summed E-state index contributed by atoms with van der Waals surface area (Å²) in [5.41, 5.74) is 1.91. The number of nitrogens with zero attached hydrogens (tertiary/aromatic N) is 3. The van der Waals surface area contributed by atoms with Crippen molar-refractivity contribution in [3.63, 3.8) is 0 Å². The highest BCUT2D eigenvalue weighted by Crippen LogP contribution is 2.27. The van der Waals surface area contributed by atoms with Crippen molar-refractivity contribution in [3.8, 4) is 11.4 Å². The van der Waals surface area contributed by atoms with Crippen LogP contribution in [0, 0.1) is 5.92 Å². The minimum atomic E-state index is 0.366. The smallest absolute Gasteiger partial charge is 0.172 e. The number of hydrogen-bond donors (Lipinski definition) is 0. The topological polar surface area (TPSA) is 57.0 Å². The second-order valence-electron chi connectivity index (χ2n) is 4.87. The number of rotatable bonds is 5. The first-order valence-electron chi connectivity index (χ1n) is 6.30. The predicted octanol–water partition coefficient (Wildman–Crippen LogP) is 2.94. The highest BCUT2D eigenvalue weighted by atomic mass is 35.5. The molecule has 0 aliphatic heterocycles. The summed E-state index contributed by atoms with van der Waals surface area (Å²) in [4.78, 5) is 11.1. The van der Waals surface area contributed by atoms with E-state index in [9.17, 15) is 4.79 Å². The molecule has 1 aromatic heterocycles. The van der Waals surface area contributed by atoms with Gasteiger partial charge in [-0.2, -0.15) is 0 Å². The molecule has 2 rings (SSSR count). The van der Waals surface area contributed by atoms with E-state index in [-0.39, 0.29) is 0 Å². The summed E-state index contributed by atoms with van der Waals surface area (Å²) in [7, 11) is 1.56. The maximum Gasteiger partial charge on any atom is 0.172 e. The SMILES string of the molecule is COc1ccc(-n2nnc(C=O)c2CC(C)C)cc1Cl. The highest BCUT2D eigenvalue weighted by molar-refractivity contribution is 6.32. The third-order valence-electron chi connectivity index (χ3n) is 2.89. The molecule has 0 saturated carbocycles. The second kappa shape index (κ2) is 6.05. The fourth-order valence-electron chi connectivity index (χ4n) is 1.98. The van der Waals surface area contributed by atoms with Crippen LogP contribution in [-0.4, -0.2) is 28.4 Å². The van der Waals surface area contributed by atoms with Crippen molar-refractivity contribution in [3.05, 3.63) is 34.6 Å². The van der Waals surface area contributed by atoms with Crippen LogP contribution in [0.5, 0.6) is 5.75 Å². The summed E-state index contributed by atoms with van der Waals surface area (Å²) < 4.78 is 6.77. The van der Waals surface area contributed by atoms with Crippen LogP contribution in [0.2, 0.25) is 5.02 Å². The number of aldehydes is 1. The molecule has 1 heterocycles. The summed E-state index contributed by atoms with van der Waals surface area (Å²) in [5.74, 6) is 0.983. The Morgan fingerprint density at radius 2 is 2.20 bits per heavy atom. The Hall–Kier alpha value is -1.88. The molecule has 0 N–H and O–H groups in total. The van der Waals surface area contributed by atoms with Gasteiger partial charge in [-0.3, -0.25) is 4.79 Å². The van der Waals surface area contributed by atoms with Crippen molar-refractivity contribution in [2.24, 2.45) is 5.92 Å². The predicted molar refractivity (Wildman–Crippen MR) is 76.9 cm³/mol. The van der Waals surface area contributed by atoms with E-state index in [2.05, 4.69) is 24.2 Å². The lowest BCUT2D eigenvalue weighted by Gasteiger charge is -2.10. The van der Waals surface area contributed by atoms with Gasteiger partial charge < -0.3 is 4.74 Å². The molecule has 20 heavy (non-hydrogen) atoms. The van der Waals surface area contributed by atoms with E-state index in [1.54, 1.807) is 23.9 Å². The summed E-state index contributed by atoms with van der Waals surface area (Å²) in [6, 6.07) is 5.34. The Labute approximate surface area is 122 Å². The molecule has 0 radical (unpaired) electrons. The van der Waals surface area contributed by atoms with Gasteiger partial charge in [0.2, 0.25) is 0 Å². The van der Waals surface area contributed by atoms with Gasteiger partial charge >= 0.3 is 0 Å². The molecule has 6 heteroatoms. The van der Waals surface area contributed by atoms with Crippen molar-refractivity contribution in [1.29, 1.82) is 0 Å². The lowest BCUT2D eigenvalue weighted by atomic mass is 10.1. The van der Waals surface area contributed by atoms with E-state index in [1.807, 2.05) is 6.07 Å². The Balaban J connectivity index is 2.49. The molecule has 0 fully saturated rings. The normalized spacial score (nSPS) is 10.8. The third kappa shape index (κ3) is 2.82. The standard InChI is InChI=1S/C14H16ClN3O2/c1-9(2)6-13-12(8-19)16-17-18(13)10-4-5-14(20-3)11(15)7-10/h4-5,7-9H,6H2,1-3H3. The number of carbonyl (C=O) groups is 1. The van der Waals surface area contributed by atoms with Gasteiger partial charge in [0.25, 0.3) is 0 Å². The largest absolute Gasteiger partial charge is 0.495 e. The Bertz CT molecular complexity index is 623. The molecule has 0 spiro atoms. The number of benzene rings is 1. The molecule has 0 aliphatic carbocycles. The van der Waals surface area contributed by atoms with Crippen LogP contribution in [-0.2, 0) is 6.42 Å². The van der Waals surface area contributed by atoms with Crippen molar-refractivity contribution >= 4 is 17.9 Å². The average molecular weight is 294 g/mol. The quantitative estimate of drug-likeness (QED) is 0.795. The monoisotopic (exact) mass is 293 g/mol. The first kappa shape index (κ1) is 14.5. The van der Waals surface area contributed by atoms with Gasteiger partial charge in [-0.15, -0.1) is 5.10 Å². The number of hydrogen-bond acceptors (Lipinski definition) is 4. The molecule has 0 atom stereocenters. The van der Waals surface area contributed by atoms with E-state index in [0.717, 1.165) is 17.7 Å². The molecule has 0 unspecified atom stereocenters. The third-order valence-corrected chi connectivity index (χ3v) is 3.18. The van der Waals surface area contributed by atoms with Crippen molar-refractivity contribution in [1.82, 2.24) is 15.0 Å². The number of methoxy groups -OCH3 is 1. The molecular weight excluding hydrogens is 278 g/mol. The average Bonchev–Trinajstić information content (AvgIpc) is 2.80. The van der Waals surface area contributed by atoms with E-state index in [4.69, 9.17) is 16.3 Å². The zero-order valence-electron chi connectivity index (χ0n) is 11.6. The summed E-state index contributed by atoms with van der Waals surface area (Å²) in [6.07, 6.45) is 1.44. The lowest BCUT2D eigenvalue weighted by molar-refractivity contribution is 0.111. The van der Waals surface area contributed by atoms with Crippen molar-refractivity contribution in [2.75, 3.05) is 7.11 Å². The van der Waals surface area contributed by atoms with Crippen LogP contribution in [0.15, 0.2) is 18.2 Å². The Morgan fingerprint density at radius 1 is 1.45 bits per heavy atom. The maximum atomic E-state index is 11.1. The lowest BCUT2D eigenvalue weighted by Crippen LogP contribution is -2.07. The minimum absolute atomic E-state index is 0.366. The summed E-state index contributed by atoms with van der Waals surface area (Å²) in [5, 5.41) is 8.44. The Morgan fingerprint density at radius 3 is 2.75 bits per heavy atom. The van der Waals surface area contributed by atoms with Gasteiger partial charge in [-0.05, 0) is 30.5 Å². The molecule has 0 aliphatic rings. The zero-order valence-corrected chi connectivity index (χ0v) is 12.4. The number of halogens is 1. The molecular formula is C14H16ClN3O2. The fraction of sp³-hybridized carbons (Fsp3) is 0.357. The van der Waals surface area contributed by atoms with Crippen LogP contribution in [0.3, 0.4) is 0 Å². The fourth-order valence-corrected chi connectivity index (χ4v) is 2.23. The van der Waals surface area contributed by atoms with Gasteiger partial charge in [-0.1, -0.05) is 30.7 Å². The number of aromatic nitrogens is 3. The van der Waals surface area contributed by atoms with Gasteiger partial charge in [0.15, 0.2) is 6.29 Å². The molecule has 0 saturated heterocycles. The van der Waals surface area contributed by atoms with E-state index in [1.165, 1.54) is 0 Å². The summed E-state index contributed by atoms with van der Waals surface area (Å²) in [6.45, 7) is 4.15. The zero-order chi connectivity index (χ0) is 14.7. The van der Waals surface area contributed by atoms with E-state index < -0.39 is 0 Å². The van der Waals surface area contributed by atoms with Gasteiger partial charge in [0, 0.05) is 0 Å². The van der Waals surface area contributed by atoms with Crippen LogP contribution in [0.25, 0.3) is 5.69 Å². The van der Waals surface area contributed by atoms with Crippen molar-refractivity contribution < 1.29 is 9.53 Å². The minimum Gasteiger partial charge on any atom is -0.495 e. The first-order valence-corrected chi connectivity index (χ1v) is 6.68. The van der Waals surface area contributed by atoms with Crippen LogP contribution in [0.4, 0.5) is 0 Å². The van der Waals surface area contributed by atoms with Gasteiger partial charge in [0.05, 0.1) is 23.5 Å². The van der Waals surface area contributed by atoms with Crippen molar-refractivity contribution in [2.45, 2.75) is 20.3 Å². The second-order valence-corrected chi connectivity index (χ2v) is 5.28. The molecule has 106 valence electrons. The van der Waals surface area contributed by atoms with E-state index in [0.29, 0.717) is 28.8 Å². The van der Waals surface area contributed by atoms with Gasteiger partial charge in [-0.25, -0.2) is 4.68 Å². The summed E-state index contributed by atoms with van der Waals surface area (Å²) >= 11 is 6.12.